The zero-order valence-corrected chi connectivity index (χ0v) is 26.5. The topological polar surface area (TPSA) is 86.8 Å². The van der Waals surface area contributed by atoms with Crippen molar-refractivity contribution in [2.45, 2.75) is 51.6 Å². The molecule has 41 heavy (non-hydrogen) atoms. The van der Waals surface area contributed by atoms with E-state index < -0.39 is 28.5 Å². The minimum absolute atomic E-state index is 0.0162. The van der Waals surface area contributed by atoms with Gasteiger partial charge in [-0.1, -0.05) is 79.3 Å². The van der Waals surface area contributed by atoms with Crippen LogP contribution >= 0.6 is 34.8 Å². The molecule has 3 rings (SSSR count). The van der Waals surface area contributed by atoms with Crippen LogP contribution in [0.15, 0.2) is 71.6 Å². The Hall–Kier alpha value is -2.78. The van der Waals surface area contributed by atoms with Gasteiger partial charge in [0.1, 0.15) is 12.6 Å². The van der Waals surface area contributed by atoms with E-state index in [1.54, 1.807) is 49.4 Å². The van der Waals surface area contributed by atoms with Crippen molar-refractivity contribution >= 4 is 62.3 Å². The summed E-state index contributed by atoms with van der Waals surface area (Å²) in [5.74, 6) is -0.682. The molecule has 0 fully saturated rings. The molecule has 0 unspecified atom stereocenters. The van der Waals surface area contributed by atoms with Crippen LogP contribution in [0, 0.1) is 12.8 Å². The second-order valence-corrected chi connectivity index (χ2v) is 13.2. The van der Waals surface area contributed by atoms with Gasteiger partial charge in [0, 0.05) is 18.1 Å². The van der Waals surface area contributed by atoms with Crippen molar-refractivity contribution in [3.05, 3.63) is 92.9 Å². The fourth-order valence-electron chi connectivity index (χ4n) is 4.15. The van der Waals surface area contributed by atoms with Gasteiger partial charge in [-0.3, -0.25) is 13.9 Å². The van der Waals surface area contributed by atoms with E-state index in [0.717, 1.165) is 9.87 Å². The number of carbonyl (C=O) groups excluding carboxylic acids is 2. The summed E-state index contributed by atoms with van der Waals surface area (Å²) in [6.07, 6.45) is 0.308. The van der Waals surface area contributed by atoms with Gasteiger partial charge in [0.2, 0.25) is 11.8 Å². The van der Waals surface area contributed by atoms with Gasteiger partial charge in [0.25, 0.3) is 10.0 Å². The molecule has 11 heteroatoms. The summed E-state index contributed by atoms with van der Waals surface area (Å²) >= 11 is 18.4. The number of amides is 2. The third-order valence-electron chi connectivity index (χ3n) is 6.41. The van der Waals surface area contributed by atoms with E-state index in [1.807, 2.05) is 20.8 Å². The molecule has 0 heterocycles. The summed E-state index contributed by atoms with van der Waals surface area (Å²) < 4.78 is 28.8. The lowest BCUT2D eigenvalue weighted by Gasteiger charge is -2.33. The van der Waals surface area contributed by atoms with Crippen molar-refractivity contribution in [1.29, 1.82) is 0 Å². The zero-order valence-electron chi connectivity index (χ0n) is 23.4. The number of rotatable bonds is 12. The van der Waals surface area contributed by atoms with Crippen molar-refractivity contribution in [2.75, 3.05) is 17.4 Å². The number of benzene rings is 3. The molecule has 0 aliphatic carbocycles. The van der Waals surface area contributed by atoms with E-state index in [0.29, 0.717) is 33.6 Å². The molecule has 0 aliphatic heterocycles. The third kappa shape index (κ3) is 8.61. The van der Waals surface area contributed by atoms with Crippen molar-refractivity contribution in [1.82, 2.24) is 10.2 Å². The molecule has 1 N–H and O–H groups in total. The SMILES string of the molecule is CC[C@@H](C(=O)NCC(C)C)N(Cc1ccc(Cl)c(Cl)c1)C(=O)CN(c1ccc(Cl)cc1)S(=O)(=O)c1ccc(C)cc1. The Kier molecular flexibility index (Phi) is 11.5. The monoisotopic (exact) mass is 637 g/mol. The Morgan fingerprint density at radius 1 is 0.902 bits per heavy atom. The van der Waals surface area contributed by atoms with Gasteiger partial charge >= 0.3 is 0 Å². The van der Waals surface area contributed by atoms with Crippen molar-refractivity contribution in [2.24, 2.45) is 5.92 Å². The summed E-state index contributed by atoms with van der Waals surface area (Å²) in [7, 11) is -4.17. The van der Waals surface area contributed by atoms with E-state index in [2.05, 4.69) is 5.32 Å². The minimum Gasteiger partial charge on any atom is -0.354 e. The summed E-state index contributed by atoms with van der Waals surface area (Å²) in [5.41, 5.74) is 1.79. The number of hydrogen-bond acceptors (Lipinski definition) is 4. The lowest BCUT2D eigenvalue weighted by Crippen LogP contribution is -2.52. The van der Waals surface area contributed by atoms with Crippen LogP contribution in [0.2, 0.25) is 15.1 Å². The Morgan fingerprint density at radius 2 is 1.54 bits per heavy atom. The summed E-state index contributed by atoms with van der Waals surface area (Å²) in [6.45, 7) is 7.50. The average Bonchev–Trinajstić information content (AvgIpc) is 2.93. The predicted octanol–water partition coefficient (Wildman–Crippen LogP) is 6.73. The first-order valence-corrected chi connectivity index (χ1v) is 15.8. The fourth-order valence-corrected chi connectivity index (χ4v) is 6.01. The molecule has 0 bridgehead atoms. The summed E-state index contributed by atoms with van der Waals surface area (Å²) in [5, 5.41) is 3.98. The van der Waals surface area contributed by atoms with Crippen LogP contribution in [0.1, 0.15) is 38.3 Å². The van der Waals surface area contributed by atoms with Crippen LogP contribution in [0.4, 0.5) is 5.69 Å². The molecule has 3 aromatic rings. The van der Waals surface area contributed by atoms with E-state index in [1.165, 1.54) is 29.2 Å². The van der Waals surface area contributed by atoms with Gasteiger partial charge in [-0.15, -0.1) is 0 Å². The lowest BCUT2D eigenvalue weighted by molar-refractivity contribution is -0.140. The van der Waals surface area contributed by atoms with Gasteiger partial charge in [0.15, 0.2) is 0 Å². The lowest BCUT2D eigenvalue weighted by atomic mass is 10.1. The first kappa shape index (κ1) is 32.7. The molecule has 0 aliphatic rings. The second-order valence-electron chi connectivity index (χ2n) is 10.1. The molecule has 0 spiro atoms. The predicted molar refractivity (Wildman–Crippen MR) is 166 cm³/mol. The Labute approximate surface area is 257 Å². The van der Waals surface area contributed by atoms with Gasteiger partial charge in [-0.05, 0) is 73.4 Å². The largest absolute Gasteiger partial charge is 0.354 e. The highest BCUT2D eigenvalue weighted by Crippen LogP contribution is 2.27. The number of halogens is 3. The standard InChI is InChI=1S/C30H34Cl3N3O4S/c1-5-28(30(38)34-17-20(2)3)35(18-22-8-15-26(32)27(33)16-22)29(37)19-36(24-11-9-23(31)10-12-24)41(39,40)25-13-6-21(4)7-14-25/h6-16,20,28H,5,17-19H2,1-4H3,(H,34,38)/t28-/m0/s1. The Morgan fingerprint density at radius 3 is 2.10 bits per heavy atom. The number of nitrogens with one attached hydrogen (secondary N) is 1. The summed E-state index contributed by atoms with van der Waals surface area (Å²) in [6, 6.07) is 16.7. The van der Waals surface area contributed by atoms with Gasteiger partial charge in [-0.25, -0.2) is 8.42 Å². The number of hydrogen-bond donors (Lipinski definition) is 1. The highest BCUT2D eigenvalue weighted by atomic mass is 35.5. The van der Waals surface area contributed by atoms with Crippen LogP contribution in [0.25, 0.3) is 0 Å². The second kappa shape index (κ2) is 14.4. The summed E-state index contributed by atoms with van der Waals surface area (Å²) in [4.78, 5) is 28.8. The Balaban J connectivity index is 2.05. The number of anilines is 1. The smallest absolute Gasteiger partial charge is 0.264 e. The maximum atomic E-state index is 14.1. The number of aryl methyl sites for hydroxylation is 1. The Bertz CT molecular complexity index is 1460. The minimum atomic E-state index is -4.17. The molecule has 7 nitrogen and oxygen atoms in total. The highest BCUT2D eigenvalue weighted by molar-refractivity contribution is 7.92. The van der Waals surface area contributed by atoms with Crippen LogP contribution in [-0.2, 0) is 26.2 Å². The van der Waals surface area contributed by atoms with Gasteiger partial charge in [0.05, 0.1) is 20.6 Å². The first-order valence-electron chi connectivity index (χ1n) is 13.2. The van der Waals surface area contributed by atoms with E-state index >= 15 is 0 Å². The van der Waals surface area contributed by atoms with Crippen LogP contribution in [0.3, 0.4) is 0 Å². The van der Waals surface area contributed by atoms with E-state index in [9.17, 15) is 18.0 Å². The van der Waals surface area contributed by atoms with E-state index in [-0.39, 0.29) is 29.0 Å². The molecule has 1 atom stereocenters. The molecule has 0 saturated carbocycles. The van der Waals surface area contributed by atoms with Crippen LogP contribution in [0.5, 0.6) is 0 Å². The third-order valence-corrected chi connectivity index (χ3v) is 9.19. The molecule has 3 aromatic carbocycles. The van der Waals surface area contributed by atoms with Gasteiger partial charge < -0.3 is 10.2 Å². The molecule has 2 amide bonds. The maximum absolute atomic E-state index is 14.1. The van der Waals surface area contributed by atoms with Crippen LogP contribution < -0.4 is 9.62 Å². The first-order chi connectivity index (χ1) is 19.3. The zero-order chi connectivity index (χ0) is 30.3. The van der Waals surface area contributed by atoms with Crippen molar-refractivity contribution in [3.8, 4) is 0 Å². The van der Waals surface area contributed by atoms with Crippen molar-refractivity contribution in [3.63, 3.8) is 0 Å². The number of nitrogens with zero attached hydrogens (tertiary/aromatic N) is 2. The number of sulfonamides is 1. The van der Waals surface area contributed by atoms with Crippen molar-refractivity contribution < 1.29 is 18.0 Å². The molecule has 0 aromatic heterocycles. The molecular formula is C30H34Cl3N3O4S. The maximum Gasteiger partial charge on any atom is 0.264 e. The normalized spacial score (nSPS) is 12.2. The van der Waals surface area contributed by atoms with Gasteiger partial charge in [-0.2, -0.15) is 0 Å². The molecular weight excluding hydrogens is 605 g/mol. The average molecular weight is 639 g/mol. The molecule has 220 valence electrons. The molecule has 0 radical (unpaired) electrons. The molecule has 0 saturated heterocycles. The van der Waals surface area contributed by atoms with Crippen LogP contribution in [-0.4, -0.2) is 44.3 Å². The highest BCUT2D eigenvalue weighted by Gasteiger charge is 2.33. The quantitative estimate of drug-likeness (QED) is 0.238. The fraction of sp³-hybridized carbons (Fsp3) is 0.333. The van der Waals surface area contributed by atoms with E-state index in [4.69, 9.17) is 34.8 Å². The number of carbonyl (C=O) groups is 2.